The minimum atomic E-state index is 1.24. The fraction of sp³-hybridized carbons (Fsp3) is 0. The number of benzene rings is 11. The van der Waals surface area contributed by atoms with E-state index in [9.17, 15) is 0 Å². The van der Waals surface area contributed by atoms with Crippen LogP contribution in [0.25, 0.3) is 118 Å². The maximum Gasteiger partial charge on any atom is 0.0440 e. The van der Waals surface area contributed by atoms with Crippen molar-refractivity contribution in [3.63, 3.8) is 0 Å². The molecule has 12 rings (SSSR count). The van der Waals surface area contributed by atoms with Crippen LogP contribution in [0.15, 0.2) is 194 Å². The summed E-state index contributed by atoms with van der Waals surface area (Å²) in [5, 5.41) is 18.1. The molecule has 0 aliphatic rings. The highest BCUT2D eigenvalue weighted by molar-refractivity contribution is 7.27. The smallest absolute Gasteiger partial charge is 0.0440 e. The zero-order valence-electron chi connectivity index (χ0n) is 29.9. The maximum absolute atomic E-state index is 2.42. The van der Waals surface area contributed by atoms with E-state index in [0.29, 0.717) is 0 Å². The van der Waals surface area contributed by atoms with Crippen LogP contribution in [0.3, 0.4) is 0 Å². The summed E-state index contributed by atoms with van der Waals surface area (Å²) in [6.07, 6.45) is 0. The second kappa shape index (κ2) is 11.9. The molecule has 0 saturated carbocycles. The normalized spacial score (nSPS) is 12.0. The van der Waals surface area contributed by atoms with Crippen LogP contribution in [-0.2, 0) is 0 Å². The quantitative estimate of drug-likeness (QED) is 0.126. The molecule has 1 heteroatoms. The maximum atomic E-state index is 2.42. The van der Waals surface area contributed by atoms with Crippen LogP contribution in [0.2, 0.25) is 0 Å². The lowest BCUT2D eigenvalue weighted by atomic mass is 9.84. The second-order valence-electron chi connectivity index (χ2n) is 14.8. The van der Waals surface area contributed by atoms with Gasteiger partial charge in [-0.3, -0.25) is 0 Å². The Labute approximate surface area is 322 Å². The molecule has 0 radical (unpaired) electrons. The first kappa shape index (κ1) is 30.6. The number of thiophene rings is 1. The van der Waals surface area contributed by atoms with Gasteiger partial charge in [-0.15, -0.1) is 11.3 Å². The molecular formula is C54H32S. The second-order valence-corrected chi connectivity index (χ2v) is 15.8. The van der Waals surface area contributed by atoms with Gasteiger partial charge in [0.25, 0.3) is 0 Å². The SMILES string of the molecule is c1ccc2c(-c3c4ccccc4c(-c4ccc5cc(-c6ccc7sc8c9ccccc9c9ccccc9c8c7c6)ccc5c4)c4ccccc34)cccc2c1. The third-order valence-electron chi connectivity index (χ3n) is 11.8. The van der Waals surface area contributed by atoms with Crippen LogP contribution in [0.1, 0.15) is 0 Å². The Morgan fingerprint density at radius 3 is 1.47 bits per heavy atom. The third-order valence-corrected chi connectivity index (χ3v) is 13.0. The van der Waals surface area contributed by atoms with E-state index in [4.69, 9.17) is 0 Å². The zero-order valence-corrected chi connectivity index (χ0v) is 30.7. The monoisotopic (exact) mass is 712 g/mol. The topological polar surface area (TPSA) is 0 Å². The van der Waals surface area contributed by atoms with E-state index >= 15 is 0 Å². The Morgan fingerprint density at radius 2 is 0.764 bits per heavy atom. The van der Waals surface area contributed by atoms with E-state index in [-0.39, 0.29) is 0 Å². The summed E-state index contributed by atoms with van der Waals surface area (Å²) in [5.74, 6) is 0. The van der Waals surface area contributed by atoms with Crippen molar-refractivity contribution in [2.45, 2.75) is 0 Å². The van der Waals surface area contributed by atoms with Gasteiger partial charge in [-0.05, 0) is 117 Å². The molecule has 0 N–H and O–H groups in total. The highest BCUT2D eigenvalue weighted by Crippen LogP contribution is 2.47. The number of fused-ring (bicyclic) bond motifs is 12. The fourth-order valence-electron chi connectivity index (χ4n) is 9.34. The highest BCUT2D eigenvalue weighted by Gasteiger charge is 2.19. The molecule has 12 aromatic rings. The zero-order chi connectivity index (χ0) is 36.0. The molecule has 0 nitrogen and oxygen atoms in total. The van der Waals surface area contributed by atoms with Crippen molar-refractivity contribution >= 4 is 96.1 Å². The first-order chi connectivity index (χ1) is 27.3. The minimum Gasteiger partial charge on any atom is -0.135 e. The van der Waals surface area contributed by atoms with Crippen LogP contribution in [0.5, 0.6) is 0 Å². The molecule has 0 amide bonds. The van der Waals surface area contributed by atoms with E-state index in [1.807, 2.05) is 11.3 Å². The Kier molecular flexibility index (Phi) is 6.60. The molecule has 1 heterocycles. The van der Waals surface area contributed by atoms with E-state index < -0.39 is 0 Å². The Morgan fingerprint density at radius 1 is 0.273 bits per heavy atom. The standard InChI is InChI=1S/C54H32S/c1-2-14-39-33(12-1)13-11-23-42(39)52-46-20-8-6-18-44(46)51(45-19-7-9-21-47(45)52)38-27-26-34-30-35(24-25-36(34)31-38)37-28-29-50-49(32-37)53-43-17-5-3-15-40(43)41-16-4-10-22-48(41)54(53)55-50/h1-32H. The van der Waals surface area contributed by atoms with E-state index in [1.165, 1.54) is 118 Å². The lowest BCUT2D eigenvalue weighted by molar-refractivity contribution is 1.67. The van der Waals surface area contributed by atoms with E-state index in [1.54, 1.807) is 0 Å². The summed E-state index contributed by atoms with van der Waals surface area (Å²) >= 11 is 1.91. The van der Waals surface area contributed by atoms with Gasteiger partial charge in [0.1, 0.15) is 0 Å². The Balaban J connectivity index is 1.02. The van der Waals surface area contributed by atoms with Crippen LogP contribution in [-0.4, -0.2) is 0 Å². The number of rotatable bonds is 3. The molecule has 0 bridgehead atoms. The van der Waals surface area contributed by atoms with Crippen molar-refractivity contribution in [2.24, 2.45) is 0 Å². The van der Waals surface area contributed by atoms with Gasteiger partial charge in [0, 0.05) is 25.6 Å². The predicted molar refractivity (Wildman–Crippen MR) is 241 cm³/mol. The molecule has 0 unspecified atom stereocenters. The molecule has 0 atom stereocenters. The van der Waals surface area contributed by atoms with Crippen LogP contribution in [0, 0.1) is 0 Å². The van der Waals surface area contributed by atoms with Gasteiger partial charge in [-0.2, -0.15) is 0 Å². The number of hydrogen-bond donors (Lipinski definition) is 0. The molecule has 0 spiro atoms. The van der Waals surface area contributed by atoms with Crippen molar-refractivity contribution in [1.29, 1.82) is 0 Å². The van der Waals surface area contributed by atoms with Crippen LogP contribution >= 0.6 is 11.3 Å². The predicted octanol–water partition coefficient (Wildman–Crippen LogP) is 16.0. The van der Waals surface area contributed by atoms with Gasteiger partial charge in [0.05, 0.1) is 0 Å². The van der Waals surface area contributed by atoms with Crippen LogP contribution < -0.4 is 0 Å². The molecule has 11 aromatic carbocycles. The van der Waals surface area contributed by atoms with Crippen molar-refractivity contribution in [3.05, 3.63) is 194 Å². The molecule has 0 aliphatic carbocycles. The molecule has 0 saturated heterocycles. The first-order valence-electron chi connectivity index (χ1n) is 19.0. The summed E-state index contributed by atoms with van der Waals surface area (Å²) < 4.78 is 2.70. The summed E-state index contributed by atoms with van der Waals surface area (Å²) in [6, 6.07) is 72.1. The van der Waals surface area contributed by atoms with Gasteiger partial charge in [-0.1, -0.05) is 170 Å². The fourth-order valence-corrected chi connectivity index (χ4v) is 10.6. The first-order valence-corrected chi connectivity index (χ1v) is 19.8. The largest absolute Gasteiger partial charge is 0.135 e. The van der Waals surface area contributed by atoms with Gasteiger partial charge in [0.15, 0.2) is 0 Å². The molecule has 55 heavy (non-hydrogen) atoms. The van der Waals surface area contributed by atoms with Gasteiger partial charge < -0.3 is 0 Å². The van der Waals surface area contributed by atoms with Crippen molar-refractivity contribution in [2.75, 3.05) is 0 Å². The van der Waals surface area contributed by atoms with Crippen molar-refractivity contribution < 1.29 is 0 Å². The average Bonchev–Trinajstić information content (AvgIpc) is 3.65. The van der Waals surface area contributed by atoms with E-state index in [2.05, 4.69) is 194 Å². The van der Waals surface area contributed by atoms with Gasteiger partial charge in [0.2, 0.25) is 0 Å². The highest BCUT2D eigenvalue weighted by atomic mass is 32.1. The van der Waals surface area contributed by atoms with Crippen molar-refractivity contribution in [3.8, 4) is 33.4 Å². The van der Waals surface area contributed by atoms with Crippen molar-refractivity contribution in [1.82, 2.24) is 0 Å². The number of hydrogen-bond acceptors (Lipinski definition) is 1. The van der Waals surface area contributed by atoms with Gasteiger partial charge >= 0.3 is 0 Å². The summed E-state index contributed by atoms with van der Waals surface area (Å²) in [4.78, 5) is 0. The van der Waals surface area contributed by atoms with Crippen LogP contribution in [0.4, 0.5) is 0 Å². The molecule has 0 aliphatic heterocycles. The summed E-state index contributed by atoms with van der Waals surface area (Å²) in [5.41, 5.74) is 7.59. The molecule has 0 fully saturated rings. The lowest BCUT2D eigenvalue weighted by Crippen LogP contribution is -1.91. The third kappa shape index (κ3) is 4.57. The van der Waals surface area contributed by atoms with Gasteiger partial charge in [-0.25, -0.2) is 0 Å². The minimum absolute atomic E-state index is 1.24. The molecular weight excluding hydrogens is 681 g/mol. The Hall–Kier alpha value is -6.80. The van der Waals surface area contributed by atoms with E-state index in [0.717, 1.165) is 0 Å². The lowest BCUT2D eigenvalue weighted by Gasteiger charge is -2.19. The summed E-state index contributed by atoms with van der Waals surface area (Å²) in [6.45, 7) is 0. The molecule has 1 aromatic heterocycles. The Bertz CT molecular complexity index is 3490. The average molecular weight is 713 g/mol. The summed E-state index contributed by atoms with van der Waals surface area (Å²) in [7, 11) is 0. The molecule has 254 valence electrons.